The van der Waals surface area contributed by atoms with Crippen LogP contribution in [-0.2, 0) is 16.0 Å². The zero-order valence-corrected chi connectivity index (χ0v) is 22.3. The van der Waals surface area contributed by atoms with Crippen LogP contribution in [0.2, 0.25) is 0 Å². The van der Waals surface area contributed by atoms with E-state index in [4.69, 9.17) is 14.2 Å². The van der Waals surface area contributed by atoms with E-state index < -0.39 is 30.1 Å². The molecule has 4 atom stereocenters. The Morgan fingerprint density at radius 1 is 1.15 bits per heavy atom. The summed E-state index contributed by atoms with van der Waals surface area (Å²) in [6, 6.07) is 9.79. The minimum atomic E-state index is -1.19. The van der Waals surface area contributed by atoms with E-state index in [0.29, 0.717) is 41.1 Å². The normalized spacial score (nSPS) is 21.1. The molecule has 0 spiro atoms. The highest BCUT2D eigenvalue weighted by atomic mass is 16.5. The minimum absolute atomic E-state index is 0.0254. The zero-order chi connectivity index (χ0) is 28.1. The van der Waals surface area contributed by atoms with E-state index in [1.54, 1.807) is 31.1 Å². The first-order valence-electron chi connectivity index (χ1n) is 12.9. The molecule has 0 radical (unpaired) electrons. The number of nitrogens with zero attached hydrogens (tertiary/aromatic N) is 1. The molecule has 10 nitrogen and oxygen atoms in total. The molecule has 2 aromatic rings. The topological polar surface area (TPSA) is 135 Å². The van der Waals surface area contributed by atoms with Gasteiger partial charge < -0.3 is 34.6 Å². The fourth-order valence-electron chi connectivity index (χ4n) is 5.35. The summed E-state index contributed by atoms with van der Waals surface area (Å²) in [4.78, 5) is 39.7. The second kappa shape index (κ2) is 12.3. The summed E-state index contributed by atoms with van der Waals surface area (Å²) in [5, 5.41) is 23.6. The third kappa shape index (κ3) is 5.48. The molecule has 1 aliphatic heterocycles. The maximum Gasteiger partial charge on any atom is 0.247 e. The predicted molar refractivity (Wildman–Crippen MR) is 142 cm³/mol. The Balaban J connectivity index is 1.76. The van der Waals surface area contributed by atoms with Gasteiger partial charge in [-0.1, -0.05) is 25.1 Å². The molecular formula is C29H34N2O8. The molecule has 4 rings (SSSR count). The van der Waals surface area contributed by atoms with E-state index in [2.05, 4.69) is 5.32 Å². The average molecular weight is 539 g/mol. The van der Waals surface area contributed by atoms with Crippen molar-refractivity contribution >= 4 is 18.1 Å². The number of aldehydes is 1. The van der Waals surface area contributed by atoms with Crippen LogP contribution < -0.4 is 19.5 Å². The lowest BCUT2D eigenvalue weighted by molar-refractivity contribution is -0.136. The van der Waals surface area contributed by atoms with Crippen molar-refractivity contribution < 1.29 is 38.8 Å². The van der Waals surface area contributed by atoms with Crippen molar-refractivity contribution in [3.63, 3.8) is 0 Å². The van der Waals surface area contributed by atoms with Crippen molar-refractivity contribution in [2.45, 2.75) is 43.9 Å². The van der Waals surface area contributed by atoms with Crippen LogP contribution in [0, 0.1) is 0 Å². The van der Waals surface area contributed by atoms with Gasteiger partial charge in [0, 0.05) is 36.2 Å². The number of methoxy groups -OCH3 is 2. The summed E-state index contributed by atoms with van der Waals surface area (Å²) in [5.41, 5.74) is 2.05. The molecule has 0 fully saturated rings. The van der Waals surface area contributed by atoms with E-state index in [-0.39, 0.29) is 37.6 Å². The molecule has 2 aromatic carbocycles. The number of para-hydroxylation sites is 1. The lowest BCUT2D eigenvalue weighted by atomic mass is 9.77. The Hall–Kier alpha value is -3.89. The Kier molecular flexibility index (Phi) is 8.88. The summed E-state index contributed by atoms with van der Waals surface area (Å²) in [6.45, 7) is 1.77. The number of hydrogen-bond acceptors (Lipinski definition) is 8. The second-order valence-corrected chi connectivity index (χ2v) is 9.40. The van der Waals surface area contributed by atoms with Gasteiger partial charge in [0.25, 0.3) is 0 Å². The van der Waals surface area contributed by atoms with E-state index in [1.807, 2.05) is 24.3 Å². The Morgan fingerprint density at radius 3 is 2.56 bits per heavy atom. The van der Waals surface area contributed by atoms with Crippen molar-refractivity contribution in [1.82, 2.24) is 10.2 Å². The first-order chi connectivity index (χ1) is 18.9. The molecule has 39 heavy (non-hydrogen) atoms. The van der Waals surface area contributed by atoms with E-state index in [0.717, 1.165) is 5.56 Å². The number of carbonyl (C=O) groups is 3. The number of carbonyl (C=O) groups excluding carboxylic acids is 3. The summed E-state index contributed by atoms with van der Waals surface area (Å²) < 4.78 is 17.1. The van der Waals surface area contributed by atoms with Crippen LogP contribution in [-0.4, -0.2) is 85.4 Å². The smallest absolute Gasteiger partial charge is 0.247 e. The monoisotopic (exact) mass is 538 g/mol. The highest BCUT2D eigenvalue weighted by molar-refractivity contribution is 5.96. The van der Waals surface area contributed by atoms with Crippen LogP contribution in [0.1, 0.15) is 40.7 Å². The lowest BCUT2D eigenvalue weighted by Gasteiger charge is -2.40. The van der Waals surface area contributed by atoms with Crippen molar-refractivity contribution in [3.8, 4) is 17.2 Å². The Labute approximate surface area is 227 Å². The fraction of sp³-hybridized carbons (Fsp3) is 0.414. The maximum atomic E-state index is 13.3. The van der Waals surface area contributed by atoms with Crippen LogP contribution in [0.15, 0.2) is 48.0 Å². The van der Waals surface area contributed by atoms with Crippen LogP contribution in [0.25, 0.3) is 0 Å². The Bertz CT molecular complexity index is 1260. The number of nitrogens with one attached hydrogen (secondary N) is 1. The van der Waals surface area contributed by atoms with Gasteiger partial charge in [-0.05, 0) is 36.3 Å². The molecule has 0 saturated carbocycles. The minimum Gasteiger partial charge on any atom is -0.496 e. The number of hydrogen-bond donors (Lipinski definition) is 3. The van der Waals surface area contributed by atoms with Crippen molar-refractivity contribution in [2.24, 2.45) is 0 Å². The highest BCUT2D eigenvalue weighted by Gasteiger charge is 2.51. The quantitative estimate of drug-likeness (QED) is 0.368. The van der Waals surface area contributed by atoms with Gasteiger partial charge in [0.15, 0.2) is 11.5 Å². The first-order valence-corrected chi connectivity index (χ1v) is 12.9. The molecule has 10 heteroatoms. The summed E-state index contributed by atoms with van der Waals surface area (Å²) in [7, 11) is 3.03. The van der Waals surface area contributed by atoms with Gasteiger partial charge in [0.1, 0.15) is 24.2 Å². The van der Waals surface area contributed by atoms with Gasteiger partial charge in [-0.2, -0.15) is 0 Å². The molecule has 1 heterocycles. The SMILES string of the molecule is CCC(=O)N(CCc1ccccc1OC)[C@@H]1C=C(C(=O)NCCO)[C@@H]2c3cc(C=O)cc(OC)c3O[C@@H]2[C@H]1O. The zero-order valence-electron chi connectivity index (χ0n) is 22.3. The van der Waals surface area contributed by atoms with Gasteiger partial charge >= 0.3 is 0 Å². The standard InChI is InChI=1S/C29H34N2O8/c1-4-24(34)31(11-9-18-7-5-6-8-22(18)37-2)21-15-20(29(36)30-10-12-32)25-19-13-17(16-33)14-23(38-3)27(19)39-28(25)26(21)35/h5-8,13-16,21,25-26,28,32,35H,4,9-12H2,1-3H3,(H,30,36)/t21-,25+,26+,28+/m1/s1. The molecule has 208 valence electrons. The van der Waals surface area contributed by atoms with Crippen LogP contribution in [0.5, 0.6) is 17.2 Å². The number of aliphatic hydroxyl groups is 2. The number of ether oxygens (including phenoxy) is 3. The van der Waals surface area contributed by atoms with Gasteiger partial charge in [0.2, 0.25) is 11.8 Å². The number of benzene rings is 2. The van der Waals surface area contributed by atoms with Crippen molar-refractivity contribution in [2.75, 3.05) is 33.9 Å². The highest BCUT2D eigenvalue weighted by Crippen LogP contribution is 2.51. The molecular weight excluding hydrogens is 504 g/mol. The third-order valence-electron chi connectivity index (χ3n) is 7.21. The van der Waals surface area contributed by atoms with E-state index in [1.165, 1.54) is 13.2 Å². The summed E-state index contributed by atoms with van der Waals surface area (Å²) in [5.74, 6) is -0.0439. The van der Waals surface area contributed by atoms with Crippen LogP contribution in [0.4, 0.5) is 0 Å². The molecule has 1 aliphatic carbocycles. The first kappa shape index (κ1) is 28.1. The van der Waals surface area contributed by atoms with Crippen molar-refractivity contribution in [1.29, 1.82) is 0 Å². The van der Waals surface area contributed by atoms with Gasteiger partial charge in [-0.15, -0.1) is 0 Å². The van der Waals surface area contributed by atoms with Crippen molar-refractivity contribution in [3.05, 3.63) is 64.7 Å². The van der Waals surface area contributed by atoms with E-state index in [9.17, 15) is 24.6 Å². The second-order valence-electron chi connectivity index (χ2n) is 9.40. The largest absolute Gasteiger partial charge is 0.496 e. The van der Waals surface area contributed by atoms with E-state index >= 15 is 0 Å². The molecule has 0 aromatic heterocycles. The van der Waals surface area contributed by atoms with Crippen LogP contribution in [0.3, 0.4) is 0 Å². The Morgan fingerprint density at radius 2 is 1.90 bits per heavy atom. The third-order valence-corrected chi connectivity index (χ3v) is 7.21. The maximum absolute atomic E-state index is 13.3. The number of rotatable bonds is 11. The van der Waals surface area contributed by atoms with Gasteiger partial charge in [0.05, 0.1) is 32.8 Å². The fourth-order valence-corrected chi connectivity index (χ4v) is 5.35. The number of aliphatic hydroxyl groups excluding tert-OH is 2. The predicted octanol–water partition coefficient (Wildman–Crippen LogP) is 1.62. The van der Waals surface area contributed by atoms with Crippen LogP contribution >= 0.6 is 0 Å². The van der Waals surface area contributed by atoms with Gasteiger partial charge in [-0.25, -0.2) is 0 Å². The summed E-state index contributed by atoms with van der Waals surface area (Å²) >= 11 is 0. The molecule has 2 amide bonds. The molecule has 2 aliphatic rings. The average Bonchev–Trinajstić information content (AvgIpc) is 3.36. The lowest BCUT2D eigenvalue weighted by Crippen LogP contribution is -2.56. The number of fused-ring (bicyclic) bond motifs is 3. The number of amides is 2. The molecule has 0 saturated heterocycles. The summed E-state index contributed by atoms with van der Waals surface area (Å²) in [6.07, 6.45) is 0.832. The molecule has 3 N–H and O–H groups in total. The molecule has 0 bridgehead atoms. The van der Waals surface area contributed by atoms with Gasteiger partial charge in [-0.3, -0.25) is 14.4 Å². The molecule has 0 unspecified atom stereocenters.